The van der Waals surface area contributed by atoms with Crippen molar-refractivity contribution in [3.63, 3.8) is 0 Å². The highest BCUT2D eigenvalue weighted by molar-refractivity contribution is 9.10. The molecule has 0 amide bonds. The first-order chi connectivity index (χ1) is 17.2. The van der Waals surface area contributed by atoms with Crippen molar-refractivity contribution in [1.29, 1.82) is 0 Å². The minimum Gasteiger partial charge on any atom is -0.463 e. The van der Waals surface area contributed by atoms with Gasteiger partial charge in [0.2, 0.25) is 5.60 Å². The number of nitrogens with zero attached hydrogens (tertiary/aromatic N) is 4. The van der Waals surface area contributed by atoms with Crippen molar-refractivity contribution in [2.24, 2.45) is 4.99 Å². The Morgan fingerprint density at radius 1 is 1.17 bits per heavy atom. The number of aliphatic imine (C=N–C) groups is 1. The Labute approximate surface area is 218 Å². The molecular formula is C27H29BrN4O4. The maximum absolute atomic E-state index is 12.5. The topological polar surface area (TPSA) is 95.7 Å². The third-order valence-corrected chi connectivity index (χ3v) is 6.41. The third-order valence-electron chi connectivity index (χ3n) is 5.91. The van der Waals surface area contributed by atoms with Crippen LogP contribution < -0.4 is 0 Å². The van der Waals surface area contributed by atoms with Crippen molar-refractivity contribution in [2.45, 2.75) is 58.6 Å². The number of benzene rings is 1. The Balaban J connectivity index is 1.59. The van der Waals surface area contributed by atoms with Gasteiger partial charge in [-0.05, 0) is 63.9 Å². The van der Waals surface area contributed by atoms with Crippen LogP contribution in [0.3, 0.4) is 0 Å². The number of esters is 2. The third kappa shape index (κ3) is 5.41. The quantitative estimate of drug-likeness (QED) is 0.278. The Morgan fingerprint density at radius 2 is 1.97 bits per heavy atom. The van der Waals surface area contributed by atoms with E-state index in [9.17, 15) is 9.59 Å². The highest BCUT2D eigenvalue weighted by Gasteiger charge is 2.33. The number of imidazole rings is 1. The molecule has 0 aliphatic carbocycles. The Morgan fingerprint density at radius 3 is 2.69 bits per heavy atom. The lowest BCUT2D eigenvalue weighted by Crippen LogP contribution is -2.38. The first kappa shape index (κ1) is 25.8. The lowest BCUT2D eigenvalue weighted by atomic mass is 10.0. The molecule has 188 valence electrons. The van der Waals surface area contributed by atoms with Crippen LogP contribution in [0.25, 0.3) is 5.69 Å². The summed E-state index contributed by atoms with van der Waals surface area (Å²) in [6.45, 7) is 6.94. The minimum atomic E-state index is -1.33. The fourth-order valence-corrected chi connectivity index (χ4v) is 4.46. The van der Waals surface area contributed by atoms with Crippen molar-refractivity contribution in [3.8, 4) is 5.69 Å². The molecule has 36 heavy (non-hydrogen) atoms. The van der Waals surface area contributed by atoms with Gasteiger partial charge in [0, 0.05) is 34.5 Å². The first-order valence-electron chi connectivity index (χ1n) is 11.9. The van der Waals surface area contributed by atoms with Gasteiger partial charge in [-0.1, -0.05) is 28.9 Å². The van der Waals surface area contributed by atoms with E-state index in [0.717, 1.165) is 38.6 Å². The number of aromatic nitrogens is 3. The van der Waals surface area contributed by atoms with Gasteiger partial charge < -0.3 is 9.47 Å². The molecule has 8 nitrogen and oxygen atoms in total. The number of halogens is 1. The molecule has 0 saturated heterocycles. The minimum absolute atomic E-state index is 0.176. The van der Waals surface area contributed by atoms with Crippen LogP contribution in [0, 0.1) is 6.92 Å². The standard InChI is InChI=1S/C27H29BrN4O4/c1-5-23(33)36-27(3,4)26(34)35-14-8-10-21-25-30-16-17(2)32(25)22-12-11-18(28)15-19(22)24(31-21)20-9-6-7-13-29-20/h6-7,9,11-13,15-16,21H,5,8,10,14H2,1-4H3/t21-/m0/s1. The summed E-state index contributed by atoms with van der Waals surface area (Å²) in [4.78, 5) is 38.5. The van der Waals surface area contributed by atoms with E-state index in [1.807, 2.05) is 37.4 Å². The molecule has 0 unspecified atom stereocenters. The zero-order chi connectivity index (χ0) is 25.9. The van der Waals surface area contributed by atoms with Gasteiger partial charge in [-0.3, -0.25) is 19.3 Å². The van der Waals surface area contributed by atoms with Gasteiger partial charge in [0.1, 0.15) is 11.9 Å². The molecule has 4 rings (SSSR count). The molecule has 0 fully saturated rings. The van der Waals surface area contributed by atoms with Crippen molar-refractivity contribution in [1.82, 2.24) is 14.5 Å². The summed E-state index contributed by atoms with van der Waals surface area (Å²) in [5.74, 6) is -0.191. The van der Waals surface area contributed by atoms with Crippen molar-refractivity contribution >= 4 is 33.6 Å². The van der Waals surface area contributed by atoms with Crippen LogP contribution in [0.1, 0.15) is 68.9 Å². The first-order valence-corrected chi connectivity index (χ1v) is 12.7. The van der Waals surface area contributed by atoms with Crippen molar-refractivity contribution < 1.29 is 19.1 Å². The molecular weight excluding hydrogens is 524 g/mol. The maximum atomic E-state index is 12.5. The summed E-state index contributed by atoms with van der Waals surface area (Å²) in [6.07, 6.45) is 4.95. The predicted octanol–water partition coefficient (Wildman–Crippen LogP) is 5.29. The highest BCUT2D eigenvalue weighted by atomic mass is 79.9. The molecule has 1 aromatic carbocycles. The van der Waals surface area contributed by atoms with E-state index in [2.05, 4.69) is 37.6 Å². The summed E-state index contributed by atoms with van der Waals surface area (Å²) in [5, 5.41) is 0. The lowest BCUT2D eigenvalue weighted by Gasteiger charge is -2.23. The summed E-state index contributed by atoms with van der Waals surface area (Å²) in [5.41, 5.74) is 3.17. The molecule has 1 aliphatic rings. The molecule has 0 spiro atoms. The van der Waals surface area contributed by atoms with E-state index < -0.39 is 17.5 Å². The van der Waals surface area contributed by atoms with E-state index in [-0.39, 0.29) is 19.1 Å². The largest absolute Gasteiger partial charge is 0.463 e. The van der Waals surface area contributed by atoms with Gasteiger partial charge in [-0.25, -0.2) is 9.78 Å². The van der Waals surface area contributed by atoms with Gasteiger partial charge in [0.05, 0.1) is 23.7 Å². The fourth-order valence-electron chi connectivity index (χ4n) is 4.09. The van der Waals surface area contributed by atoms with Crippen LogP contribution in [0.5, 0.6) is 0 Å². The number of hydrogen-bond donors (Lipinski definition) is 0. The molecule has 0 radical (unpaired) electrons. The second-order valence-corrected chi connectivity index (χ2v) is 9.99. The Hall–Kier alpha value is -3.33. The van der Waals surface area contributed by atoms with E-state index in [1.165, 1.54) is 13.8 Å². The SMILES string of the molecule is CCC(=O)OC(C)(C)C(=O)OCCC[C@@H]1N=C(c2ccccn2)c2cc(Br)ccc2-n2c(C)cnc21. The molecule has 3 heterocycles. The second-order valence-electron chi connectivity index (χ2n) is 9.08. The van der Waals surface area contributed by atoms with Crippen LogP contribution in [-0.2, 0) is 19.1 Å². The molecule has 0 bridgehead atoms. The van der Waals surface area contributed by atoms with Crippen LogP contribution in [0.15, 0.2) is 58.3 Å². The summed E-state index contributed by atoms with van der Waals surface area (Å²) < 4.78 is 13.7. The van der Waals surface area contributed by atoms with Crippen molar-refractivity contribution in [2.75, 3.05) is 6.61 Å². The average Bonchev–Trinajstić information content (AvgIpc) is 3.18. The molecule has 0 saturated carbocycles. The number of fused-ring (bicyclic) bond motifs is 3. The van der Waals surface area contributed by atoms with Crippen LogP contribution in [-0.4, -0.2) is 44.4 Å². The van der Waals surface area contributed by atoms with E-state index in [0.29, 0.717) is 12.8 Å². The van der Waals surface area contributed by atoms with Gasteiger partial charge >= 0.3 is 11.9 Å². The fraction of sp³-hybridized carbons (Fsp3) is 0.370. The monoisotopic (exact) mass is 552 g/mol. The van der Waals surface area contributed by atoms with Crippen LogP contribution >= 0.6 is 15.9 Å². The van der Waals surface area contributed by atoms with Gasteiger partial charge in [-0.15, -0.1) is 0 Å². The smallest absolute Gasteiger partial charge is 0.350 e. The number of carbonyl (C=O) groups is 2. The zero-order valence-corrected chi connectivity index (χ0v) is 22.4. The zero-order valence-electron chi connectivity index (χ0n) is 20.8. The number of ether oxygens (including phenoxy) is 2. The molecule has 1 aliphatic heterocycles. The average molecular weight is 553 g/mol. The molecule has 9 heteroatoms. The summed E-state index contributed by atoms with van der Waals surface area (Å²) >= 11 is 3.60. The van der Waals surface area contributed by atoms with Crippen LogP contribution in [0.4, 0.5) is 0 Å². The van der Waals surface area contributed by atoms with E-state index in [1.54, 1.807) is 13.1 Å². The maximum Gasteiger partial charge on any atom is 0.350 e. The molecule has 0 N–H and O–H groups in total. The summed E-state index contributed by atoms with van der Waals surface area (Å²) in [6, 6.07) is 11.6. The van der Waals surface area contributed by atoms with Gasteiger partial charge in [0.15, 0.2) is 0 Å². The van der Waals surface area contributed by atoms with Crippen LogP contribution in [0.2, 0.25) is 0 Å². The number of carbonyl (C=O) groups excluding carboxylic acids is 2. The van der Waals surface area contributed by atoms with E-state index in [4.69, 9.17) is 19.5 Å². The van der Waals surface area contributed by atoms with Crippen molar-refractivity contribution in [3.05, 3.63) is 76.0 Å². The predicted molar refractivity (Wildman–Crippen MR) is 139 cm³/mol. The normalized spacial score (nSPS) is 14.8. The summed E-state index contributed by atoms with van der Waals surface area (Å²) in [7, 11) is 0. The number of hydrogen-bond acceptors (Lipinski definition) is 7. The second kappa shape index (κ2) is 10.7. The Kier molecular flexibility index (Phi) is 7.68. The number of rotatable bonds is 8. The highest BCUT2D eigenvalue weighted by Crippen LogP contribution is 2.34. The molecule has 3 aromatic rings. The number of aryl methyl sites for hydroxylation is 1. The Bertz CT molecular complexity index is 1300. The lowest BCUT2D eigenvalue weighted by molar-refractivity contribution is -0.178. The van der Waals surface area contributed by atoms with Gasteiger partial charge in [-0.2, -0.15) is 0 Å². The molecule has 1 atom stereocenters. The van der Waals surface area contributed by atoms with Gasteiger partial charge in [0.25, 0.3) is 0 Å². The molecule has 2 aromatic heterocycles. The van der Waals surface area contributed by atoms with E-state index >= 15 is 0 Å². The number of pyridine rings is 1.